The maximum absolute atomic E-state index is 10.1. The van der Waals surface area contributed by atoms with Crippen molar-refractivity contribution in [3.63, 3.8) is 0 Å². The Labute approximate surface area is 154 Å². The number of carbonyl (C=O) groups is 3. The molecule has 0 radical (unpaired) electrons. The molecule has 0 spiro atoms. The number of carboxylic acids is 3. The molecule has 0 unspecified atom stereocenters. The maximum atomic E-state index is 10.1. The van der Waals surface area contributed by atoms with Crippen molar-refractivity contribution in [2.75, 3.05) is 13.2 Å². The summed E-state index contributed by atoms with van der Waals surface area (Å²) in [6, 6.07) is -2.84. The van der Waals surface area contributed by atoms with E-state index in [1.807, 2.05) is 0 Å². The van der Waals surface area contributed by atoms with Gasteiger partial charge in [-0.2, -0.15) is 0 Å². The van der Waals surface area contributed by atoms with Crippen molar-refractivity contribution in [3.8, 4) is 0 Å². The smallest absolute Gasteiger partial charge is 0.469 e. The Hall–Kier alpha value is -1.64. The number of carboxylic acid groups (broad SMARTS) is 3. The lowest BCUT2D eigenvalue weighted by atomic mass is 10.2. The van der Waals surface area contributed by atoms with E-state index in [0.29, 0.717) is 0 Å². The fraction of sp³-hybridized carbons (Fsp3) is 0.750. The summed E-state index contributed by atoms with van der Waals surface area (Å²) in [5.41, 5.74) is 9.77. The SMILES string of the molecule is C[C@@H](O)[C@H](N)C(=O)O.N[C@@H](COP(=O)(O)O)C(=O)O.O=C(O)[C@@H]1CCCN1. The fourth-order valence-electron chi connectivity index (χ4n) is 1.35. The van der Waals surface area contributed by atoms with E-state index in [-0.39, 0.29) is 6.04 Å². The fourth-order valence-corrected chi connectivity index (χ4v) is 1.71. The van der Waals surface area contributed by atoms with E-state index in [2.05, 4.69) is 9.84 Å². The van der Waals surface area contributed by atoms with Crippen molar-refractivity contribution in [1.29, 1.82) is 0 Å². The van der Waals surface area contributed by atoms with Gasteiger partial charge in [-0.15, -0.1) is 0 Å². The minimum absolute atomic E-state index is 0.269. The van der Waals surface area contributed by atoms with Crippen molar-refractivity contribution in [1.82, 2.24) is 5.32 Å². The summed E-state index contributed by atoms with van der Waals surface area (Å²) in [5.74, 6) is -3.28. The van der Waals surface area contributed by atoms with Crippen molar-refractivity contribution in [2.45, 2.75) is 44.0 Å². The first-order valence-corrected chi connectivity index (χ1v) is 9.03. The van der Waals surface area contributed by atoms with Crippen LogP contribution in [0.4, 0.5) is 0 Å². The first-order chi connectivity index (χ1) is 12.2. The first kappa shape index (κ1) is 27.6. The van der Waals surface area contributed by atoms with E-state index < -0.39 is 50.5 Å². The molecule has 14 nitrogen and oxygen atoms in total. The van der Waals surface area contributed by atoms with E-state index in [9.17, 15) is 18.9 Å². The van der Waals surface area contributed by atoms with Crippen LogP contribution in [0.5, 0.6) is 0 Å². The van der Waals surface area contributed by atoms with Crippen LogP contribution in [-0.2, 0) is 23.5 Å². The lowest BCUT2D eigenvalue weighted by molar-refractivity contribution is -0.141. The summed E-state index contributed by atoms with van der Waals surface area (Å²) in [5, 5.41) is 35.9. The highest BCUT2D eigenvalue weighted by atomic mass is 31.2. The third-order valence-electron chi connectivity index (χ3n) is 2.90. The van der Waals surface area contributed by atoms with Gasteiger partial charge in [0.15, 0.2) is 0 Å². The van der Waals surface area contributed by atoms with E-state index in [1.54, 1.807) is 0 Å². The van der Waals surface area contributed by atoms with Gasteiger partial charge in [0, 0.05) is 0 Å². The molecule has 1 aliphatic heterocycles. The van der Waals surface area contributed by atoms with Gasteiger partial charge >= 0.3 is 25.7 Å². The second-order valence-corrected chi connectivity index (χ2v) is 6.56. The largest absolute Gasteiger partial charge is 0.480 e. The molecule has 0 aromatic rings. The number of aliphatic hydroxyl groups is 1. The molecule has 160 valence electrons. The molecule has 1 fully saturated rings. The van der Waals surface area contributed by atoms with Gasteiger partial charge in [0.2, 0.25) is 0 Å². The molecule has 11 N–H and O–H groups in total. The Morgan fingerprint density at radius 2 is 1.70 bits per heavy atom. The third kappa shape index (κ3) is 16.3. The molecule has 15 heteroatoms. The van der Waals surface area contributed by atoms with Gasteiger partial charge in [0.25, 0.3) is 0 Å². The lowest BCUT2D eigenvalue weighted by Gasteiger charge is -2.07. The number of rotatable bonds is 7. The van der Waals surface area contributed by atoms with Crippen LogP contribution in [0.15, 0.2) is 0 Å². The van der Waals surface area contributed by atoms with Crippen molar-refractivity contribution in [3.05, 3.63) is 0 Å². The van der Waals surface area contributed by atoms with Crippen LogP contribution >= 0.6 is 7.82 Å². The molecule has 0 aliphatic carbocycles. The number of hydrogen-bond donors (Lipinski definition) is 9. The predicted octanol–water partition coefficient (Wildman–Crippen LogP) is -2.89. The first-order valence-electron chi connectivity index (χ1n) is 7.50. The minimum Gasteiger partial charge on any atom is -0.480 e. The Kier molecular flexibility index (Phi) is 13.8. The Bertz CT molecular complexity index is 507. The monoisotopic (exact) mass is 419 g/mol. The molecule has 0 saturated carbocycles. The number of nitrogens with one attached hydrogen (secondary N) is 1. The molecule has 0 amide bonds. The molecule has 4 atom stereocenters. The van der Waals surface area contributed by atoms with Gasteiger partial charge in [-0.05, 0) is 26.3 Å². The highest BCUT2D eigenvalue weighted by Crippen LogP contribution is 2.35. The maximum Gasteiger partial charge on any atom is 0.469 e. The van der Waals surface area contributed by atoms with E-state index >= 15 is 0 Å². The number of phosphoric ester groups is 1. The predicted molar refractivity (Wildman–Crippen MR) is 89.6 cm³/mol. The molecule has 27 heavy (non-hydrogen) atoms. The normalized spacial score (nSPS) is 19.4. The molecular formula is C12H26N3O11P. The zero-order valence-corrected chi connectivity index (χ0v) is 15.4. The van der Waals surface area contributed by atoms with E-state index in [0.717, 1.165) is 19.4 Å². The van der Waals surface area contributed by atoms with Crippen molar-refractivity contribution < 1.29 is 53.7 Å². The average molecular weight is 419 g/mol. The molecule has 1 heterocycles. The van der Waals surface area contributed by atoms with Crippen LogP contribution in [0.3, 0.4) is 0 Å². The van der Waals surface area contributed by atoms with Crippen molar-refractivity contribution in [2.24, 2.45) is 11.5 Å². The molecule has 1 rings (SSSR count). The van der Waals surface area contributed by atoms with Gasteiger partial charge in [0.1, 0.15) is 18.1 Å². The summed E-state index contributed by atoms with van der Waals surface area (Å²) in [6.07, 6.45) is 0.805. The van der Waals surface area contributed by atoms with E-state index in [1.165, 1.54) is 6.92 Å². The summed E-state index contributed by atoms with van der Waals surface area (Å²) < 4.78 is 13.8. The topological polar surface area (TPSA) is 263 Å². The molecule has 0 bridgehead atoms. The highest BCUT2D eigenvalue weighted by Gasteiger charge is 2.20. The summed E-state index contributed by atoms with van der Waals surface area (Å²) >= 11 is 0. The van der Waals surface area contributed by atoms with Gasteiger partial charge in [0.05, 0.1) is 12.7 Å². The second-order valence-electron chi connectivity index (χ2n) is 5.32. The molecular weight excluding hydrogens is 393 g/mol. The second kappa shape index (κ2) is 13.5. The van der Waals surface area contributed by atoms with Crippen LogP contribution in [0.25, 0.3) is 0 Å². The van der Waals surface area contributed by atoms with Gasteiger partial charge in [-0.25, -0.2) is 4.57 Å². The van der Waals surface area contributed by atoms with Crippen LogP contribution in [0.2, 0.25) is 0 Å². The number of aliphatic hydroxyl groups excluding tert-OH is 1. The Balaban J connectivity index is 0. The Morgan fingerprint density at radius 3 is 1.89 bits per heavy atom. The number of phosphoric acid groups is 1. The summed E-state index contributed by atoms with van der Waals surface area (Å²) in [7, 11) is -4.60. The Morgan fingerprint density at radius 1 is 1.19 bits per heavy atom. The lowest BCUT2D eigenvalue weighted by Crippen LogP contribution is -2.39. The van der Waals surface area contributed by atoms with Crippen LogP contribution in [-0.4, -0.2) is 85.5 Å². The van der Waals surface area contributed by atoms with Crippen molar-refractivity contribution >= 4 is 25.7 Å². The van der Waals surface area contributed by atoms with Gasteiger partial charge < -0.3 is 47.0 Å². The van der Waals surface area contributed by atoms with Crippen LogP contribution in [0, 0.1) is 0 Å². The number of nitrogens with two attached hydrogens (primary N) is 2. The van der Waals surface area contributed by atoms with Gasteiger partial charge in [-0.1, -0.05) is 0 Å². The van der Waals surface area contributed by atoms with Crippen LogP contribution in [0.1, 0.15) is 19.8 Å². The number of aliphatic carboxylic acids is 3. The van der Waals surface area contributed by atoms with E-state index in [4.69, 9.17) is 41.7 Å². The molecule has 0 aromatic carbocycles. The zero-order valence-electron chi connectivity index (χ0n) is 14.5. The minimum atomic E-state index is -4.60. The van der Waals surface area contributed by atoms with Gasteiger partial charge in [-0.3, -0.25) is 18.9 Å². The van der Waals surface area contributed by atoms with Crippen LogP contribution < -0.4 is 16.8 Å². The molecule has 1 saturated heterocycles. The quantitative estimate of drug-likeness (QED) is 0.188. The average Bonchev–Trinajstić information content (AvgIpc) is 3.06. The molecule has 1 aliphatic rings. The molecule has 0 aromatic heterocycles. The zero-order chi connectivity index (χ0) is 21.8. The standard InChI is InChI=1S/C5H9NO2.C4H9NO3.C3H8NO6P/c7-5(8)4-2-1-3-6-4;1-2(6)3(5)4(7)8;4-2(3(5)6)1-10-11(7,8)9/h4,6H,1-3H2,(H,7,8);2-3,6H,5H2,1H3,(H,7,8);2H,1,4H2,(H,5,6)(H2,7,8,9)/t4-;2-,3+;2-/m010/s1. The third-order valence-corrected chi connectivity index (χ3v) is 3.39. The number of hydrogen-bond acceptors (Lipinski definition) is 9. The highest BCUT2D eigenvalue weighted by molar-refractivity contribution is 7.46. The summed E-state index contributed by atoms with van der Waals surface area (Å²) in [6.45, 7) is 1.48. The summed E-state index contributed by atoms with van der Waals surface area (Å²) in [4.78, 5) is 46.1.